The first kappa shape index (κ1) is 13.8. The van der Waals surface area contributed by atoms with E-state index >= 15 is 0 Å². The third-order valence-corrected chi connectivity index (χ3v) is 7.28. The number of fused-ring (bicyclic) bond motifs is 2. The van der Waals surface area contributed by atoms with Crippen LogP contribution >= 0.6 is 0 Å². The lowest BCUT2D eigenvalue weighted by atomic mass is 9.92. The fourth-order valence-corrected chi connectivity index (χ4v) is 5.88. The molecule has 0 aromatic carbocycles. The Labute approximate surface area is 116 Å². The van der Waals surface area contributed by atoms with Crippen LogP contribution in [-0.2, 0) is 10.2 Å². The first-order valence-electron chi connectivity index (χ1n) is 7.51. The van der Waals surface area contributed by atoms with Crippen LogP contribution in [0.2, 0.25) is 0 Å². The molecule has 2 aliphatic heterocycles. The second kappa shape index (κ2) is 4.98. The molecule has 0 aromatic heterocycles. The van der Waals surface area contributed by atoms with Gasteiger partial charge in [0.25, 0.3) is 10.2 Å². The van der Waals surface area contributed by atoms with E-state index in [1.165, 1.54) is 6.42 Å². The molecule has 0 amide bonds. The average molecular weight is 287 g/mol. The van der Waals surface area contributed by atoms with E-state index in [0.29, 0.717) is 24.9 Å². The highest BCUT2D eigenvalue weighted by Crippen LogP contribution is 2.40. The molecule has 0 radical (unpaired) electrons. The van der Waals surface area contributed by atoms with Gasteiger partial charge in [0.05, 0.1) is 0 Å². The van der Waals surface area contributed by atoms with Crippen LogP contribution in [0.3, 0.4) is 0 Å². The van der Waals surface area contributed by atoms with E-state index < -0.39 is 10.2 Å². The maximum Gasteiger partial charge on any atom is 0.282 e. The number of nitrogens with zero attached hydrogens (tertiary/aromatic N) is 2. The molecule has 2 heterocycles. The monoisotopic (exact) mass is 287 g/mol. The highest BCUT2D eigenvalue weighted by molar-refractivity contribution is 7.86. The van der Waals surface area contributed by atoms with E-state index in [-0.39, 0.29) is 12.1 Å². The Bertz CT molecular complexity index is 429. The first-order chi connectivity index (χ1) is 8.98. The summed E-state index contributed by atoms with van der Waals surface area (Å²) in [5.74, 6) is 1.09. The first-order valence-corrected chi connectivity index (χ1v) is 8.90. The summed E-state index contributed by atoms with van der Waals surface area (Å²) in [4.78, 5) is 0. The van der Waals surface area contributed by atoms with E-state index in [9.17, 15) is 8.42 Å². The molecule has 3 rings (SSSR count). The van der Waals surface area contributed by atoms with E-state index in [1.807, 2.05) is 6.92 Å². The Balaban J connectivity index is 1.66. The van der Waals surface area contributed by atoms with Gasteiger partial charge < -0.3 is 5.73 Å². The van der Waals surface area contributed by atoms with Gasteiger partial charge in [-0.05, 0) is 50.9 Å². The van der Waals surface area contributed by atoms with Gasteiger partial charge >= 0.3 is 0 Å². The van der Waals surface area contributed by atoms with Crippen LogP contribution in [0.1, 0.15) is 39.0 Å². The molecule has 2 bridgehead atoms. The molecule has 3 fully saturated rings. The summed E-state index contributed by atoms with van der Waals surface area (Å²) in [6, 6.07) is 0.453. The Morgan fingerprint density at radius 3 is 2.32 bits per heavy atom. The van der Waals surface area contributed by atoms with E-state index in [0.717, 1.165) is 32.2 Å². The molecule has 110 valence electrons. The van der Waals surface area contributed by atoms with Crippen molar-refractivity contribution in [2.45, 2.75) is 51.1 Å². The van der Waals surface area contributed by atoms with Crippen LogP contribution < -0.4 is 5.73 Å². The van der Waals surface area contributed by atoms with E-state index in [1.54, 1.807) is 8.61 Å². The fraction of sp³-hybridized carbons (Fsp3) is 1.00. The van der Waals surface area contributed by atoms with Gasteiger partial charge in [0.2, 0.25) is 0 Å². The SMILES string of the molecule is CC(N)C1CCN(S(=O)(=O)N2CC3CCC2C3)CC1. The van der Waals surface area contributed by atoms with Crippen LogP contribution in [0.25, 0.3) is 0 Å². The van der Waals surface area contributed by atoms with Crippen molar-refractivity contribution in [1.29, 1.82) is 0 Å². The molecular formula is C13H25N3O2S. The maximum absolute atomic E-state index is 12.7. The molecular weight excluding hydrogens is 262 g/mol. The number of hydrogen-bond acceptors (Lipinski definition) is 3. The van der Waals surface area contributed by atoms with E-state index in [2.05, 4.69) is 0 Å². The summed E-state index contributed by atoms with van der Waals surface area (Å²) >= 11 is 0. The van der Waals surface area contributed by atoms with Gasteiger partial charge in [-0.15, -0.1) is 0 Å². The van der Waals surface area contributed by atoms with Gasteiger partial charge in [-0.25, -0.2) is 0 Å². The summed E-state index contributed by atoms with van der Waals surface area (Å²) < 4.78 is 28.8. The Kier molecular flexibility index (Phi) is 3.62. The molecule has 1 saturated carbocycles. The number of rotatable bonds is 3. The third kappa shape index (κ3) is 2.44. The molecule has 1 aliphatic carbocycles. The van der Waals surface area contributed by atoms with Gasteiger partial charge in [-0.3, -0.25) is 0 Å². The zero-order valence-corrected chi connectivity index (χ0v) is 12.5. The molecule has 3 aliphatic rings. The van der Waals surface area contributed by atoms with Gasteiger partial charge in [0.1, 0.15) is 0 Å². The largest absolute Gasteiger partial charge is 0.328 e. The van der Waals surface area contributed by atoms with Crippen molar-refractivity contribution in [3.05, 3.63) is 0 Å². The van der Waals surface area contributed by atoms with Gasteiger partial charge in [-0.1, -0.05) is 0 Å². The zero-order valence-electron chi connectivity index (χ0n) is 11.7. The predicted octanol–water partition coefficient (Wildman–Crippen LogP) is 0.775. The highest BCUT2D eigenvalue weighted by atomic mass is 32.2. The third-order valence-electron chi connectivity index (χ3n) is 5.22. The quantitative estimate of drug-likeness (QED) is 0.834. The Hall–Kier alpha value is -0.170. The summed E-state index contributed by atoms with van der Waals surface area (Å²) in [5, 5.41) is 0. The minimum Gasteiger partial charge on any atom is -0.328 e. The highest BCUT2D eigenvalue weighted by Gasteiger charge is 2.46. The topological polar surface area (TPSA) is 66.6 Å². The predicted molar refractivity (Wildman–Crippen MR) is 74.7 cm³/mol. The second-order valence-electron chi connectivity index (χ2n) is 6.51. The smallest absolute Gasteiger partial charge is 0.282 e. The lowest BCUT2D eigenvalue weighted by molar-refractivity contribution is 0.227. The summed E-state index contributed by atoms with van der Waals surface area (Å²) in [6.45, 7) is 4.05. The van der Waals surface area contributed by atoms with Crippen molar-refractivity contribution in [1.82, 2.24) is 8.61 Å². The van der Waals surface area contributed by atoms with Gasteiger partial charge in [0, 0.05) is 31.7 Å². The van der Waals surface area contributed by atoms with Crippen molar-refractivity contribution in [2.24, 2.45) is 17.6 Å². The van der Waals surface area contributed by atoms with Crippen molar-refractivity contribution in [3.63, 3.8) is 0 Å². The van der Waals surface area contributed by atoms with Crippen molar-refractivity contribution >= 4 is 10.2 Å². The molecule has 6 heteroatoms. The van der Waals surface area contributed by atoms with Crippen LogP contribution in [0.5, 0.6) is 0 Å². The standard InChI is InChI=1S/C13H25N3O2S/c1-10(14)12-4-6-15(7-5-12)19(17,18)16-9-11-2-3-13(16)8-11/h10-13H,2-9,14H2,1H3. The fourth-order valence-electron chi connectivity index (χ4n) is 3.94. The van der Waals surface area contributed by atoms with Gasteiger partial charge in [-0.2, -0.15) is 17.0 Å². The van der Waals surface area contributed by atoms with Crippen LogP contribution in [0, 0.1) is 11.8 Å². The molecule has 2 N–H and O–H groups in total. The summed E-state index contributed by atoms with van der Waals surface area (Å²) in [5.41, 5.74) is 5.91. The number of piperidine rings is 2. The molecule has 19 heavy (non-hydrogen) atoms. The Morgan fingerprint density at radius 1 is 1.16 bits per heavy atom. The van der Waals surface area contributed by atoms with Crippen LogP contribution in [0.4, 0.5) is 0 Å². The summed E-state index contributed by atoms with van der Waals surface area (Å²) in [7, 11) is -3.22. The van der Waals surface area contributed by atoms with Crippen molar-refractivity contribution in [2.75, 3.05) is 19.6 Å². The molecule has 2 saturated heterocycles. The molecule has 3 unspecified atom stereocenters. The molecule has 5 nitrogen and oxygen atoms in total. The van der Waals surface area contributed by atoms with Crippen LogP contribution in [-0.4, -0.2) is 48.7 Å². The lowest BCUT2D eigenvalue weighted by Gasteiger charge is -2.37. The molecule has 0 aromatic rings. The minimum absolute atomic E-state index is 0.174. The average Bonchev–Trinajstić information content (AvgIpc) is 3.01. The van der Waals surface area contributed by atoms with E-state index in [4.69, 9.17) is 5.73 Å². The second-order valence-corrected chi connectivity index (χ2v) is 8.39. The minimum atomic E-state index is -3.22. The van der Waals surface area contributed by atoms with Gasteiger partial charge in [0.15, 0.2) is 0 Å². The number of nitrogens with two attached hydrogens (primary N) is 1. The maximum atomic E-state index is 12.7. The summed E-state index contributed by atoms with van der Waals surface area (Å²) in [6.07, 6.45) is 5.15. The molecule has 0 spiro atoms. The van der Waals surface area contributed by atoms with Crippen LogP contribution in [0.15, 0.2) is 0 Å². The number of hydrogen-bond donors (Lipinski definition) is 1. The van der Waals surface area contributed by atoms with Crippen molar-refractivity contribution < 1.29 is 8.42 Å². The normalized spacial score (nSPS) is 35.9. The molecule has 3 atom stereocenters. The lowest BCUT2D eigenvalue weighted by Crippen LogP contribution is -2.50. The zero-order chi connectivity index (χ0) is 13.6. The Morgan fingerprint density at radius 2 is 1.84 bits per heavy atom. The van der Waals surface area contributed by atoms with Crippen molar-refractivity contribution in [3.8, 4) is 0 Å².